The molecule has 0 fully saturated rings. The summed E-state index contributed by atoms with van der Waals surface area (Å²) in [6.45, 7) is 1.54. The first kappa shape index (κ1) is 13.4. The summed E-state index contributed by atoms with van der Waals surface area (Å²) in [5, 5.41) is 0.103. The second-order valence-electron chi connectivity index (χ2n) is 3.18. The lowest BCUT2D eigenvalue weighted by Gasteiger charge is -2.00. The Kier molecular flexibility index (Phi) is 5.37. The number of nitrogen functional groups attached to an aromatic ring is 1. The number of hydrogen-bond donors (Lipinski definition) is 1. The third-order valence-corrected chi connectivity index (χ3v) is 2.66. The van der Waals surface area contributed by atoms with Gasteiger partial charge in [-0.1, -0.05) is 17.7 Å². The van der Waals surface area contributed by atoms with Gasteiger partial charge in [-0.15, -0.1) is 0 Å². The normalized spacial score (nSPS) is 9.29. The van der Waals surface area contributed by atoms with E-state index < -0.39 is 0 Å². The van der Waals surface area contributed by atoms with Crippen LogP contribution in [0.2, 0.25) is 0 Å². The maximum absolute atomic E-state index is 10.7. The number of nitrogens with zero attached hydrogens (tertiary/aromatic N) is 1. The lowest BCUT2D eigenvalue weighted by Crippen LogP contribution is -1.96. The summed E-state index contributed by atoms with van der Waals surface area (Å²) in [5.74, 6) is 6.97. The molecular weight excluding hydrogens is 236 g/mol. The van der Waals surface area contributed by atoms with E-state index in [0.717, 1.165) is 0 Å². The number of pyridine rings is 1. The molecule has 1 aromatic rings. The van der Waals surface area contributed by atoms with Gasteiger partial charge in [0.2, 0.25) is 5.88 Å². The molecule has 0 aliphatic heterocycles. The van der Waals surface area contributed by atoms with E-state index in [2.05, 4.69) is 16.8 Å². The summed E-state index contributed by atoms with van der Waals surface area (Å²) in [4.78, 5) is 14.8. The molecule has 0 aliphatic rings. The highest BCUT2D eigenvalue weighted by Gasteiger charge is 1.99. The van der Waals surface area contributed by atoms with Crippen molar-refractivity contribution in [3.8, 4) is 17.7 Å². The van der Waals surface area contributed by atoms with Crippen molar-refractivity contribution in [2.75, 3.05) is 18.6 Å². The molecule has 0 unspecified atom stereocenters. The van der Waals surface area contributed by atoms with Gasteiger partial charge < -0.3 is 10.5 Å². The predicted octanol–water partition coefficient (Wildman–Crippen LogP) is 1.69. The van der Waals surface area contributed by atoms with Crippen LogP contribution in [0.1, 0.15) is 19.0 Å². The number of carbonyl (C=O) groups is 1. The quantitative estimate of drug-likeness (QED) is 0.653. The zero-order valence-electron chi connectivity index (χ0n) is 9.82. The Morgan fingerprint density at radius 2 is 2.35 bits per heavy atom. The molecule has 90 valence electrons. The molecule has 0 saturated heterocycles. The van der Waals surface area contributed by atoms with E-state index in [1.165, 1.54) is 11.8 Å². The molecule has 4 nitrogen and oxygen atoms in total. The Morgan fingerprint density at radius 1 is 1.59 bits per heavy atom. The Labute approximate surface area is 105 Å². The first-order valence-electron chi connectivity index (χ1n) is 5.06. The Bertz CT molecular complexity index is 463. The summed E-state index contributed by atoms with van der Waals surface area (Å²) in [5.41, 5.74) is 6.76. The summed E-state index contributed by atoms with van der Waals surface area (Å²) < 4.78 is 4.99. The molecule has 1 rings (SSSR count). The number of thioether (sulfide) groups is 1. The van der Waals surface area contributed by atoms with Gasteiger partial charge in [0.25, 0.3) is 0 Å². The van der Waals surface area contributed by atoms with E-state index in [1.807, 2.05) is 0 Å². The molecule has 0 spiro atoms. The molecule has 5 heteroatoms. The van der Waals surface area contributed by atoms with E-state index in [1.54, 1.807) is 26.2 Å². The third kappa shape index (κ3) is 4.79. The van der Waals surface area contributed by atoms with Crippen LogP contribution in [0.3, 0.4) is 0 Å². The minimum absolute atomic E-state index is 0.103. The largest absolute Gasteiger partial charge is 0.481 e. The van der Waals surface area contributed by atoms with Crippen molar-refractivity contribution >= 4 is 22.6 Å². The number of methoxy groups -OCH3 is 1. The van der Waals surface area contributed by atoms with Gasteiger partial charge >= 0.3 is 0 Å². The van der Waals surface area contributed by atoms with E-state index >= 15 is 0 Å². The zero-order chi connectivity index (χ0) is 12.7. The fourth-order valence-electron chi connectivity index (χ4n) is 1.06. The second kappa shape index (κ2) is 6.81. The summed E-state index contributed by atoms with van der Waals surface area (Å²) >= 11 is 1.26. The maximum Gasteiger partial charge on any atom is 0.214 e. The molecule has 1 heterocycles. The van der Waals surface area contributed by atoms with Crippen molar-refractivity contribution in [1.82, 2.24) is 4.98 Å². The van der Waals surface area contributed by atoms with Gasteiger partial charge in [-0.05, 0) is 12.0 Å². The second-order valence-corrected chi connectivity index (χ2v) is 4.46. The van der Waals surface area contributed by atoms with Crippen molar-refractivity contribution in [3.63, 3.8) is 0 Å². The Morgan fingerprint density at radius 3 is 3.00 bits per heavy atom. The fraction of sp³-hybridized carbons (Fsp3) is 0.333. The minimum atomic E-state index is 0.103. The van der Waals surface area contributed by atoms with Gasteiger partial charge in [-0.2, -0.15) is 0 Å². The van der Waals surface area contributed by atoms with Crippen LogP contribution in [0.5, 0.6) is 5.88 Å². The molecule has 0 amide bonds. The topological polar surface area (TPSA) is 65.2 Å². The average molecular weight is 250 g/mol. The highest BCUT2D eigenvalue weighted by molar-refractivity contribution is 8.13. The van der Waals surface area contributed by atoms with Gasteiger partial charge in [0.1, 0.15) is 5.69 Å². The maximum atomic E-state index is 10.7. The van der Waals surface area contributed by atoms with E-state index in [-0.39, 0.29) is 5.12 Å². The first-order valence-corrected chi connectivity index (χ1v) is 6.05. The minimum Gasteiger partial charge on any atom is -0.481 e. The fourth-order valence-corrected chi connectivity index (χ4v) is 1.55. The monoisotopic (exact) mass is 250 g/mol. The number of rotatable bonds is 3. The molecule has 2 N–H and O–H groups in total. The number of ether oxygens (including phenoxy) is 1. The molecule has 17 heavy (non-hydrogen) atoms. The van der Waals surface area contributed by atoms with E-state index in [0.29, 0.717) is 29.4 Å². The molecule has 0 bridgehead atoms. The van der Waals surface area contributed by atoms with Gasteiger partial charge in [0.05, 0.1) is 12.8 Å². The number of hydrogen-bond acceptors (Lipinski definition) is 5. The summed E-state index contributed by atoms with van der Waals surface area (Å²) in [6, 6.07) is 3.40. The lowest BCUT2D eigenvalue weighted by atomic mass is 10.3. The molecule has 0 aromatic carbocycles. The molecule has 0 atom stereocenters. The SMILES string of the molecule is COc1ccc(N)c(C#CCCSC(C)=O)n1. The number of aromatic nitrogens is 1. The average Bonchev–Trinajstić information content (AvgIpc) is 2.30. The summed E-state index contributed by atoms with van der Waals surface area (Å²) in [6.07, 6.45) is 0.628. The smallest absolute Gasteiger partial charge is 0.214 e. The van der Waals surface area contributed by atoms with Crippen LogP contribution in [0.15, 0.2) is 12.1 Å². The first-order chi connectivity index (χ1) is 8.13. The van der Waals surface area contributed by atoms with Crippen LogP contribution < -0.4 is 10.5 Å². The standard InChI is InChI=1S/C12H14N2O2S/c1-9(15)17-8-4-3-5-11-10(13)6-7-12(14-11)16-2/h6-7H,4,8,13H2,1-2H3. The van der Waals surface area contributed by atoms with Crippen LogP contribution in [0.25, 0.3) is 0 Å². The van der Waals surface area contributed by atoms with Crippen LogP contribution in [-0.2, 0) is 4.79 Å². The predicted molar refractivity (Wildman–Crippen MR) is 69.8 cm³/mol. The highest BCUT2D eigenvalue weighted by Crippen LogP contribution is 2.13. The summed E-state index contributed by atoms with van der Waals surface area (Å²) in [7, 11) is 1.54. The number of carbonyl (C=O) groups excluding carboxylic acids is 1. The molecular formula is C12H14N2O2S. The van der Waals surface area contributed by atoms with Crippen LogP contribution >= 0.6 is 11.8 Å². The molecule has 0 saturated carbocycles. The van der Waals surface area contributed by atoms with Crippen molar-refractivity contribution in [3.05, 3.63) is 17.8 Å². The van der Waals surface area contributed by atoms with Crippen LogP contribution in [0.4, 0.5) is 5.69 Å². The van der Waals surface area contributed by atoms with Crippen LogP contribution in [0, 0.1) is 11.8 Å². The van der Waals surface area contributed by atoms with Gasteiger partial charge in [-0.3, -0.25) is 4.79 Å². The van der Waals surface area contributed by atoms with Crippen molar-refractivity contribution < 1.29 is 9.53 Å². The zero-order valence-corrected chi connectivity index (χ0v) is 10.6. The number of nitrogens with two attached hydrogens (primary N) is 1. The highest BCUT2D eigenvalue weighted by atomic mass is 32.2. The third-order valence-electron chi connectivity index (χ3n) is 1.85. The van der Waals surface area contributed by atoms with Crippen molar-refractivity contribution in [2.45, 2.75) is 13.3 Å². The van der Waals surface area contributed by atoms with E-state index in [4.69, 9.17) is 10.5 Å². The Balaban J connectivity index is 2.61. The van der Waals surface area contributed by atoms with E-state index in [9.17, 15) is 4.79 Å². The molecule has 1 aromatic heterocycles. The van der Waals surface area contributed by atoms with Crippen molar-refractivity contribution in [1.29, 1.82) is 0 Å². The molecule has 0 aliphatic carbocycles. The lowest BCUT2D eigenvalue weighted by molar-refractivity contribution is -0.109. The van der Waals surface area contributed by atoms with Gasteiger partial charge in [-0.25, -0.2) is 4.98 Å². The number of anilines is 1. The molecule has 0 radical (unpaired) electrons. The van der Waals surface area contributed by atoms with Gasteiger partial charge in [0, 0.05) is 25.2 Å². The van der Waals surface area contributed by atoms with Crippen molar-refractivity contribution in [2.24, 2.45) is 0 Å². The Hall–Kier alpha value is -1.67. The van der Waals surface area contributed by atoms with Gasteiger partial charge in [0.15, 0.2) is 5.12 Å². The van der Waals surface area contributed by atoms with Crippen LogP contribution in [-0.4, -0.2) is 23.0 Å².